The van der Waals surface area contributed by atoms with Crippen LogP contribution in [-0.2, 0) is 17.6 Å². The molecule has 3 heteroatoms. The topological polar surface area (TPSA) is 29.1 Å². The van der Waals surface area contributed by atoms with Gasteiger partial charge in [0.2, 0.25) is 5.91 Å². The maximum absolute atomic E-state index is 12.8. The van der Waals surface area contributed by atoms with Crippen LogP contribution >= 0.6 is 0 Å². The molecule has 0 atom stereocenters. The maximum atomic E-state index is 12.8. The monoisotopic (exact) mass is 313 g/mol. The van der Waals surface area contributed by atoms with Crippen LogP contribution < -0.4 is 5.32 Å². The Labute approximate surface area is 137 Å². The van der Waals surface area contributed by atoms with E-state index >= 15 is 0 Å². The Kier molecular flexibility index (Phi) is 6.33. The lowest BCUT2D eigenvalue weighted by atomic mass is 10.0. The fraction of sp³-hybridized carbons (Fsp3) is 0.350. The van der Waals surface area contributed by atoms with Crippen molar-refractivity contribution in [3.8, 4) is 0 Å². The number of hydrogen-bond acceptors (Lipinski definition) is 1. The zero-order chi connectivity index (χ0) is 16.7. The minimum absolute atomic E-state index is 0.0556. The third-order valence-electron chi connectivity index (χ3n) is 3.94. The summed E-state index contributed by atoms with van der Waals surface area (Å²) in [5.74, 6) is 0.347. The first-order valence-corrected chi connectivity index (χ1v) is 8.14. The molecule has 0 aliphatic rings. The van der Waals surface area contributed by atoms with E-state index in [-0.39, 0.29) is 11.7 Å². The molecule has 2 nitrogen and oxygen atoms in total. The second kappa shape index (κ2) is 8.47. The number of benzene rings is 2. The molecule has 2 aromatic rings. The molecular formula is C20H24FNO. The molecule has 0 aromatic heterocycles. The first kappa shape index (κ1) is 17.2. The fourth-order valence-electron chi connectivity index (χ4n) is 2.41. The van der Waals surface area contributed by atoms with Gasteiger partial charge in [-0.25, -0.2) is 4.39 Å². The fourth-order valence-corrected chi connectivity index (χ4v) is 2.41. The SMILES string of the molecule is CC(C)c1ccc(CCC(=O)NCCc2ccc(F)cc2)cc1. The molecule has 0 unspecified atom stereocenters. The number of nitrogens with one attached hydrogen (secondary N) is 1. The number of carbonyl (C=O) groups excluding carboxylic acids is 1. The Bertz CT molecular complexity index is 617. The Morgan fingerprint density at radius 3 is 2.13 bits per heavy atom. The van der Waals surface area contributed by atoms with Gasteiger partial charge in [0, 0.05) is 13.0 Å². The summed E-state index contributed by atoms with van der Waals surface area (Å²) in [6.45, 7) is 4.92. The van der Waals surface area contributed by atoms with E-state index in [1.54, 1.807) is 12.1 Å². The Balaban J connectivity index is 1.69. The molecule has 0 aliphatic heterocycles. The number of amides is 1. The normalized spacial score (nSPS) is 10.8. The van der Waals surface area contributed by atoms with E-state index in [2.05, 4.69) is 43.4 Å². The molecule has 0 aliphatic carbocycles. The van der Waals surface area contributed by atoms with Gasteiger partial charge in [-0.3, -0.25) is 4.79 Å². The van der Waals surface area contributed by atoms with Crippen LogP contribution in [0.5, 0.6) is 0 Å². The van der Waals surface area contributed by atoms with E-state index in [9.17, 15) is 9.18 Å². The molecule has 0 saturated carbocycles. The summed E-state index contributed by atoms with van der Waals surface area (Å²) in [6.07, 6.45) is 1.96. The number of hydrogen-bond donors (Lipinski definition) is 1. The predicted molar refractivity (Wildman–Crippen MR) is 92.0 cm³/mol. The van der Waals surface area contributed by atoms with Gasteiger partial charge < -0.3 is 5.32 Å². The van der Waals surface area contributed by atoms with E-state index < -0.39 is 0 Å². The van der Waals surface area contributed by atoms with Crippen LogP contribution in [0, 0.1) is 5.82 Å². The van der Waals surface area contributed by atoms with Crippen molar-refractivity contribution in [3.63, 3.8) is 0 Å². The van der Waals surface area contributed by atoms with E-state index in [4.69, 9.17) is 0 Å². The maximum Gasteiger partial charge on any atom is 0.220 e. The van der Waals surface area contributed by atoms with Gasteiger partial charge in [0.05, 0.1) is 0 Å². The summed E-state index contributed by atoms with van der Waals surface area (Å²) >= 11 is 0. The Morgan fingerprint density at radius 2 is 1.52 bits per heavy atom. The molecule has 0 bridgehead atoms. The Morgan fingerprint density at radius 1 is 0.957 bits per heavy atom. The van der Waals surface area contributed by atoms with Gasteiger partial charge in [-0.1, -0.05) is 50.2 Å². The van der Waals surface area contributed by atoms with Gasteiger partial charge in [0.1, 0.15) is 5.82 Å². The molecule has 0 fully saturated rings. The summed E-state index contributed by atoms with van der Waals surface area (Å²) in [5.41, 5.74) is 3.52. The largest absolute Gasteiger partial charge is 0.356 e. The van der Waals surface area contributed by atoms with Gasteiger partial charge >= 0.3 is 0 Å². The summed E-state index contributed by atoms with van der Waals surface area (Å²) in [7, 11) is 0. The molecule has 122 valence electrons. The van der Waals surface area contributed by atoms with Gasteiger partial charge in [0.15, 0.2) is 0 Å². The molecule has 0 heterocycles. The highest BCUT2D eigenvalue weighted by molar-refractivity contribution is 5.76. The third kappa shape index (κ3) is 5.85. The van der Waals surface area contributed by atoms with Crippen LogP contribution in [-0.4, -0.2) is 12.5 Å². The summed E-state index contributed by atoms with van der Waals surface area (Å²) in [6, 6.07) is 14.8. The molecule has 2 aromatic carbocycles. The van der Waals surface area contributed by atoms with Crippen molar-refractivity contribution >= 4 is 5.91 Å². The molecule has 23 heavy (non-hydrogen) atoms. The van der Waals surface area contributed by atoms with Crippen molar-refractivity contribution in [2.45, 2.75) is 39.0 Å². The number of halogens is 1. The van der Waals surface area contributed by atoms with E-state index in [0.29, 0.717) is 18.9 Å². The summed E-state index contributed by atoms with van der Waals surface area (Å²) in [4.78, 5) is 11.9. The zero-order valence-corrected chi connectivity index (χ0v) is 13.8. The smallest absolute Gasteiger partial charge is 0.220 e. The number of carbonyl (C=O) groups is 1. The van der Waals surface area contributed by atoms with E-state index in [1.807, 2.05) is 0 Å². The first-order valence-electron chi connectivity index (χ1n) is 8.14. The van der Waals surface area contributed by atoms with E-state index in [1.165, 1.54) is 23.3 Å². The highest BCUT2D eigenvalue weighted by Gasteiger charge is 2.04. The van der Waals surface area contributed by atoms with Crippen molar-refractivity contribution in [1.29, 1.82) is 0 Å². The minimum Gasteiger partial charge on any atom is -0.356 e. The predicted octanol–water partition coefficient (Wildman–Crippen LogP) is 4.24. The van der Waals surface area contributed by atoms with E-state index in [0.717, 1.165) is 18.4 Å². The lowest BCUT2D eigenvalue weighted by molar-refractivity contribution is -0.121. The lowest BCUT2D eigenvalue weighted by Crippen LogP contribution is -2.25. The number of rotatable bonds is 7. The van der Waals surface area contributed by atoms with Crippen LogP contribution in [0.15, 0.2) is 48.5 Å². The third-order valence-corrected chi connectivity index (χ3v) is 3.94. The van der Waals surface area contributed by atoms with Crippen LogP contribution in [0.1, 0.15) is 42.9 Å². The first-order chi connectivity index (χ1) is 11.0. The van der Waals surface area contributed by atoms with Crippen LogP contribution in [0.25, 0.3) is 0 Å². The minimum atomic E-state index is -0.235. The molecule has 1 amide bonds. The molecule has 0 radical (unpaired) electrons. The van der Waals surface area contributed by atoms with Crippen molar-refractivity contribution in [3.05, 3.63) is 71.0 Å². The summed E-state index contributed by atoms with van der Waals surface area (Å²) < 4.78 is 12.8. The summed E-state index contributed by atoms with van der Waals surface area (Å²) in [5, 5.41) is 2.91. The van der Waals surface area contributed by atoms with Crippen molar-refractivity contribution in [1.82, 2.24) is 5.32 Å². The second-order valence-corrected chi connectivity index (χ2v) is 6.12. The standard InChI is InChI=1S/C20H24FNO/c1-15(2)18-8-3-16(4-9-18)7-12-20(23)22-14-13-17-5-10-19(21)11-6-17/h3-6,8-11,15H,7,12-14H2,1-2H3,(H,22,23). The van der Waals surface area contributed by atoms with Gasteiger partial charge in [-0.15, -0.1) is 0 Å². The highest BCUT2D eigenvalue weighted by atomic mass is 19.1. The van der Waals surface area contributed by atoms with Gasteiger partial charge in [0.25, 0.3) is 0 Å². The molecule has 0 spiro atoms. The van der Waals surface area contributed by atoms with Crippen LogP contribution in [0.3, 0.4) is 0 Å². The molecular weight excluding hydrogens is 289 g/mol. The molecule has 0 saturated heterocycles. The van der Waals surface area contributed by atoms with Gasteiger partial charge in [-0.2, -0.15) is 0 Å². The quantitative estimate of drug-likeness (QED) is 0.814. The van der Waals surface area contributed by atoms with Crippen molar-refractivity contribution in [2.24, 2.45) is 0 Å². The molecule has 1 N–H and O–H groups in total. The van der Waals surface area contributed by atoms with Crippen LogP contribution in [0.2, 0.25) is 0 Å². The number of aryl methyl sites for hydroxylation is 1. The lowest BCUT2D eigenvalue weighted by Gasteiger charge is -2.08. The molecule has 2 rings (SSSR count). The second-order valence-electron chi connectivity index (χ2n) is 6.12. The van der Waals surface area contributed by atoms with Gasteiger partial charge in [-0.05, 0) is 47.6 Å². The highest BCUT2D eigenvalue weighted by Crippen LogP contribution is 2.15. The average Bonchev–Trinajstić information content (AvgIpc) is 2.55. The van der Waals surface area contributed by atoms with Crippen molar-refractivity contribution in [2.75, 3.05) is 6.54 Å². The Hall–Kier alpha value is -2.16. The zero-order valence-electron chi connectivity index (χ0n) is 13.8. The van der Waals surface area contributed by atoms with Crippen molar-refractivity contribution < 1.29 is 9.18 Å². The average molecular weight is 313 g/mol. The van der Waals surface area contributed by atoms with Crippen LogP contribution in [0.4, 0.5) is 4.39 Å².